The van der Waals surface area contributed by atoms with Crippen LogP contribution in [0.5, 0.6) is 0 Å². The summed E-state index contributed by atoms with van der Waals surface area (Å²) in [6.07, 6.45) is 1.14. The van der Waals surface area contributed by atoms with Crippen molar-refractivity contribution in [2.24, 2.45) is 29.6 Å². The Morgan fingerprint density at radius 3 is 1.18 bits per heavy atom. The van der Waals surface area contributed by atoms with Gasteiger partial charge in [0.1, 0.15) is 0 Å². The standard InChI is InChI=1S/C16H26O6/c1-6-8(3)11(13(17)15(19)20)10(5)12(9(4)7-2)14(18)16(21)22/h8-12H,6-7H2,1-5H3,(H,19,20)(H,21,22). The number of carboxylic acids is 2. The Morgan fingerprint density at radius 1 is 0.727 bits per heavy atom. The molecule has 6 nitrogen and oxygen atoms in total. The maximum Gasteiger partial charge on any atom is 0.372 e. The van der Waals surface area contributed by atoms with Gasteiger partial charge in [0.15, 0.2) is 0 Å². The second-order valence-electron chi connectivity index (χ2n) is 6.02. The Labute approximate surface area is 130 Å². The molecule has 0 radical (unpaired) electrons. The molecule has 0 fully saturated rings. The molecule has 2 N–H and O–H groups in total. The number of hydrogen-bond acceptors (Lipinski definition) is 4. The first-order valence-corrected chi connectivity index (χ1v) is 7.64. The summed E-state index contributed by atoms with van der Waals surface area (Å²) in [5, 5.41) is 18.0. The third kappa shape index (κ3) is 4.64. The van der Waals surface area contributed by atoms with E-state index in [1.165, 1.54) is 0 Å². The van der Waals surface area contributed by atoms with Gasteiger partial charge in [0.25, 0.3) is 0 Å². The van der Waals surface area contributed by atoms with Crippen LogP contribution in [0.25, 0.3) is 0 Å². The smallest absolute Gasteiger partial charge is 0.372 e. The minimum atomic E-state index is -1.54. The molecule has 0 spiro atoms. The second kappa shape index (κ2) is 8.66. The van der Waals surface area contributed by atoms with E-state index in [-0.39, 0.29) is 11.8 Å². The average Bonchev–Trinajstić information content (AvgIpc) is 2.46. The molecule has 4 atom stereocenters. The third-order valence-electron chi connectivity index (χ3n) is 4.67. The highest BCUT2D eigenvalue weighted by atomic mass is 16.4. The minimum absolute atomic E-state index is 0.244. The first kappa shape index (κ1) is 20.3. The van der Waals surface area contributed by atoms with Crippen molar-refractivity contribution in [2.45, 2.75) is 47.5 Å². The number of carbonyl (C=O) groups is 4. The highest BCUT2D eigenvalue weighted by Gasteiger charge is 2.43. The number of carboxylic acid groups (broad SMARTS) is 2. The SMILES string of the molecule is CCC(C)C(C(=O)C(=O)O)C(C)C(C(=O)C(=O)O)C(C)CC. The van der Waals surface area contributed by atoms with Gasteiger partial charge in [-0.3, -0.25) is 9.59 Å². The predicted molar refractivity (Wildman–Crippen MR) is 80.3 cm³/mol. The Kier molecular flexibility index (Phi) is 7.98. The van der Waals surface area contributed by atoms with Gasteiger partial charge in [-0.25, -0.2) is 9.59 Å². The lowest BCUT2D eigenvalue weighted by molar-refractivity contribution is -0.156. The van der Waals surface area contributed by atoms with Gasteiger partial charge in [-0.1, -0.05) is 47.5 Å². The van der Waals surface area contributed by atoms with Crippen LogP contribution in [0, 0.1) is 29.6 Å². The quantitative estimate of drug-likeness (QED) is 0.599. The lowest BCUT2D eigenvalue weighted by Gasteiger charge is -2.34. The van der Waals surface area contributed by atoms with Crippen LogP contribution >= 0.6 is 0 Å². The molecular weight excluding hydrogens is 288 g/mol. The number of hydrogen-bond donors (Lipinski definition) is 2. The first-order chi connectivity index (χ1) is 10.1. The number of rotatable bonds is 10. The summed E-state index contributed by atoms with van der Waals surface area (Å²) in [5.41, 5.74) is 0. The van der Waals surface area contributed by atoms with E-state index < -0.39 is 41.3 Å². The summed E-state index contributed by atoms with van der Waals surface area (Å²) in [4.78, 5) is 46.2. The summed E-state index contributed by atoms with van der Waals surface area (Å²) in [7, 11) is 0. The van der Waals surface area contributed by atoms with Gasteiger partial charge >= 0.3 is 11.9 Å². The molecule has 4 unspecified atom stereocenters. The van der Waals surface area contributed by atoms with E-state index in [0.29, 0.717) is 12.8 Å². The molecule has 0 aliphatic carbocycles. The van der Waals surface area contributed by atoms with Crippen LogP contribution in [0.4, 0.5) is 0 Å². The molecule has 0 aliphatic rings. The van der Waals surface area contributed by atoms with Crippen LogP contribution < -0.4 is 0 Å². The fourth-order valence-corrected chi connectivity index (χ4v) is 3.05. The van der Waals surface area contributed by atoms with Gasteiger partial charge in [0.05, 0.1) is 0 Å². The normalized spacial score (nSPS) is 17.9. The molecule has 0 aromatic carbocycles. The number of Topliss-reactive ketones (excluding diaryl/α,β-unsaturated/α-hetero) is 2. The summed E-state index contributed by atoms with van der Waals surface area (Å²) in [6, 6.07) is 0. The van der Waals surface area contributed by atoms with Crippen LogP contribution in [0.3, 0.4) is 0 Å². The van der Waals surface area contributed by atoms with Crippen molar-refractivity contribution in [3.8, 4) is 0 Å². The van der Waals surface area contributed by atoms with Crippen LogP contribution in [0.2, 0.25) is 0 Å². The molecule has 0 saturated carbocycles. The van der Waals surface area contributed by atoms with Crippen molar-refractivity contribution in [3.63, 3.8) is 0 Å². The lowest BCUT2D eigenvalue weighted by atomic mass is 9.68. The molecule has 0 heterocycles. The van der Waals surface area contributed by atoms with Crippen molar-refractivity contribution in [1.29, 1.82) is 0 Å². The van der Waals surface area contributed by atoms with Crippen LogP contribution in [-0.4, -0.2) is 33.7 Å². The minimum Gasteiger partial charge on any atom is -0.475 e. The van der Waals surface area contributed by atoms with Crippen molar-refractivity contribution in [1.82, 2.24) is 0 Å². The molecule has 0 saturated heterocycles. The topological polar surface area (TPSA) is 109 Å². The van der Waals surface area contributed by atoms with Crippen LogP contribution in [0.15, 0.2) is 0 Å². The average molecular weight is 314 g/mol. The highest BCUT2D eigenvalue weighted by molar-refractivity contribution is 6.35. The van der Waals surface area contributed by atoms with Crippen molar-refractivity contribution in [3.05, 3.63) is 0 Å². The molecule has 0 rings (SSSR count). The summed E-state index contributed by atoms with van der Waals surface area (Å²) in [5.74, 6) is -7.85. The highest BCUT2D eigenvalue weighted by Crippen LogP contribution is 2.35. The summed E-state index contributed by atoms with van der Waals surface area (Å²) in [6.45, 7) is 8.77. The van der Waals surface area contributed by atoms with Crippen LogP contribution in [0.1, 0.15) is 47.5 Å². The van der Waals surface area contributed by atoms with E-state index >= 15 is 0 Å². The Balaban J connectivity index is 5.75. The molecule has 0 aromatic rings. The fraction of sp³-hybridized carbons (Fsp3) is 0.750. The van der Waals surface area contributed by atoms with E-state index in [1.807, 2.05) is 13.8 Å². The van der Waals surface area contributed by atoms with Crippen molar-refractivity contribution >= 4 is 23.5 Å². The lowest BCUT2D eigenvalue weighted by Crippen LogP contribution is -2.42. The van der Waals surface area contributed by atoms with Crippen LogP contribution in [-0.2, 0) is 19.2 Å². The zero-order chi connectivity index (χ0) is 17.6. The molecule has 0 bridgehead atoms. The molecule has 0 amide bonds. The fourth-order valence-electron chi connectivity index (χ4n) is 3.05. The first-order valence-electron chi connectivity index (χ1n) is 7.64. The zero-order valence-corrected chi connectivity index (χ0v) is 13.8. The van der Waals surface area contributed by atoms with Gasteiger partial charge in [-0.05, 0) is 17.8 Å². The largest absolute Gasteiger partial charge is 0.475 e. The maximum absolute atomic E-state index is 12.0. The summed E-state index contributed by atoms with van der Waals surface area (Å²) >= 11 is 0. The van der Waals surface area contributed by atoms with E-state index in [4.69, 9.17) is 10.2 Å². The second-order valence-corrected chi connectivity index (χ2v) is 6.02. The van der Waals surface area contributed by atoms with E-state index in [0.717, 1.165) is 0 Å². The monoisotopic (exact) mass is 314 g/mol. The van der Waals surface area contributed by atoms with E-state index in [1.54, 1.807) is 20.8 Å². The molecule has 126 valence electrons. The van der Waals surface area contributed by atoms with Gasteiger partial charge in [-0.2, -0.15) is 0 Å². The number of carbonyl (C=O) groups excluding carboxylic acids is 2. The zero-order valence-electron chi connectivity index (χ0n) is 13.8. The number of ketones is 2. The number of aliphatic carboxylic acids is 2. The molecule has 22 heavy (non-hydrogen) atoms. The predicted octanol–water partition coefficient (Wildman–Crippen LogP) is 2.25. The summed E-state index contributed by atoms with van der Waals surface area (Å²) < 4.78 is 0. The maximum atomic E-state index is 12.0. The third-order valence-corrected chi connectivity index (χ3v) is 4.67. The Bertz CT molecular complexity index is 402. The molecular formula is C16H26O6. The Hall–Kier alpha value is -1.72. The molecule has 0 aliphatic heterocycles. The molecule has 0 aromatic heterocycles. The van der Waals surface area contributed by atoms with Gasteiger partial charge < -0.3 is 10.2 Å². The van der Waals surface area contributed by atoms with Gasteiger partial charge in [-0.15, -0.1) is 0 Å². The van der Waals surface area contributed by atoms with Gasteiger partial charge in [0.2, 0.25) is 11.6 Å². The van der Waals surface area contributed by atoms with Crippen molar-refractivity contribution in [2.75, 3.05) is 0 Å². The Morgan fingerprint density at radius 2 is 1.00 bits per heavy atom. The van der Waals surface area contributed by atoms with Crippen molar-refractivity contribution < 1.29 is 29.4 Å². The van der Waals surface area contributed by atoms with E-state index in [2.05, 4.69) is 0 Å². The van der Waals surface area contributed by atoms with Gasteiger partial charge in [0, 0.05) is 11.8 Å². The van der Waals surface area contributed by atoms with E-state index in [9.17, 15) is 19.2 Å². The molecule has 6 heteroatoms.